The highest BCUT2D eigenvalue weighted by atomic mass is 16.5. The van der Waals surface area contributed by atoms with E-state index in [1.165, 1.54) is 10.5 Å². The molecule has 0 fully saturated rings. The molecule has 0 unspecified atom stereocenters. The summed E-state index contributed by atoms with van der Waals surface area (Å²) in [5, 5.41) is 2.30. The number of methoxy groups -OCH3 is 4. The second-order valence-corrected chi connectivity index (χ2v) is 6.65. The number of ether oxygens (including phenoxy) is 4. The van der Waals surface area contributed by atoms with Gasteiger partial charge < -0.3 is 29.2 Å². The second-order valence-electron chi connectivity index (χ2n) is 6.65. The molecule has 0 aliphatic rings. The standard InChI is InChI=1S/C21H30N2O4/c1-23(2)18(15-7-9-20(26-5)21(12-15)27-6)14-22-13-16-11-17(24-3)8-10-19(16)25-4/h7-12,18,22H,13-14H2,1-6H3/p+2/t18-/m0/s1. The molecule has 0 aromatic heterocycles. The number of nitrogens with one attached hydrogen (secondary N) is 1. The number of quaternary nitrogens is 2. The first-order valence-electron chi connectivity index (χ1n) is 9.08. The van der Waals surface area contributed by atoms with Crippen LogP contribution < -0.4 is 29.2 Å². The Labute approximate surface area is 162 Å². The molecule has 0 aliphatic carbocycles. The van der Waals surface area contributed by atoms with Gasteiger partial charge in [0.1, 0.15) is 24.6 Å². The third-order valence-electron chi connectivity index (χ3n) is 4.76. The van der Waals surface area contributed by atoms with Crippen LogP contribution in [0.1, 0.15) is 17.2 Å². The zero-order valence-electron chi connectivity index (χ0n) is 17.2. The fourth-order valence-corrected chi connectivity index (χ4v) is 3.22. The molecule has 0 heterocycles. The number of hydrogen-bond donors (Lipinski definition) is 2. The van der Waals surface area contributed by atoms with Crippen molar-refractivity contribution in [3.63, 3.8) is 0 Å². The molecule has 2 aromatic rings. The molecule has 0 bridgehead atoms. The smallest absolute Gasteiger partial charge is 0.162 e. The molecule has 27 heavy (non-hydrogen) atoms. The van der Waals surface area contributed by atoms with Crippen molar-refractivity contribution in [2.75, 3.05) is 49.1 Å². The number of benzene rings is 2. The van der Waals surface area contributed by atoms with Crippen molar-refractivity contribution in [3.05, 3.63) is 47.5 Å². The first kappa shape index (κ1) is 20.9. The molecule has 2 aromatic carbocycles. The lowest BCUT2D eigenvalue weighted by molar-refractivity contribution is -0.910. The van der Waals surface area contributed by atoms with Crippen molar-refractivity contribution >= 4 is 0 Å². The molecule has 3 N–H and O–H groups in total. The van der Waals surface area contributed by atoms with Crippen LogP contribution in [0, 0.1) is 0 Å². The fraction of sp³-hybridized carbons (Fsp3) is 0.429. The van der Waals surface area contributed by atoms with E-state index in [4.69, 9.17) is 18.9 Å². The van der Waals surface area contributed by atoms with Gasteiger partial charge in [-0.15, -0.1) is 0 Å². The van der Waals surface area contributed by atoms with Gasteiger partial charge in [-0.25, -0.2) is 0 Å². The highest BCUT2D eigenvalue weighted by molar-refractivity contribution is 5.43. The number of rotatable bonds is 10. The van der Waals surface area contributed by atoms with Crippen LogP contribution in [0.5, 0.6) is 23.0 Å². The Hall–Kier alpha value is -2.44. The van der Waals surface area contributed by atoms with E-state index in [1.54, 1.807) is 28.4 Å². The van der Waals surface area contributed by atoms with Crippen LogP contribution in [0.2, 0.25) is 0 Å². The third-order valence-corrected chi connectivity index (χ3v) is 4.76. The van der Waals surface area contributed by atoms with Crippen molar-refractivity contribution in [1.82, 2.24) is 0 Å². The van der Waals surface area contributed by atoms with Gasteiger partial charge in [-0.05, 0) is 36.4 Å². The summed E-state index contributed by atoms with van der Waals surface area (Å²) in [4.78, 5) is 1.36. The van der Waals surface area contributed by atoms with Gasteiger partial charge in [0.15, 0.2) is 17.5 Å². The van der Waals surface area contributed by atoms with Crippen molar-refractivity contribution in [1.29, 1.82) is 0 Å². The minimum atomic E-state index is 0.321. The van der Waals surface area contributed by atoms with Gasteiger partial charge in [-0.3, -0.25) is 0 Å². The second kappa shape index (κ2) is 10.0. The van der Waals surface area contributed by atoms with Gasteiger partial charge in [0.25, 0.3) is 0 Å². The number of likely N-dealkylation sites (N-methyl/N-ethyl adjacent to an activating group) is 1. The molecule has 6 nitrogen and oxygen atoms in total. The average Bonchev–Trinajstić information content (AvgIpc) is 2.70. The predicted octanol–water partition coefficient (Wildman–Crippen LogP) is 0.670. The van der Waals surface area contributed by atoms with Crippen LogP contribution in [0.15, 0.2) is 36.4 Å². The zero-order chi connectivity index (χ0) is 19.8. The van der Waals surface area contributed by atoms with Crippen LogP contribution in [-0.2, 0) is 6.54 Å². The summed E-state index contributed by atoms with van der Waals surface area (Å²) in [6, 6.07) is 12.4. The lowest BCUT2D eigenvalue weighted by atomic mass is 10.0. The van der Waals surface area contributed by atoms with Crippen LogP contribution in [0.4, 0.5) is 0 Å². The summed E-state index contributed by atoms with van der Waals surface area (Å²) >= 11 is 0. The first-order valence-corrected chi connectivity index (χ1v) is 9.08. The van der Waals surface area contributed by atoms with Gasteiger partial charge in [0.2, 0.25) is 0 Å². The maximum atomic E-state index is 5.48. The van der Waals surface area contributed by atoms with E-state index in [-0.39, 0.29) is 0 Å². The predicted molar refractivity (Wildman–Crippen MR) is 105 cm³/mol. The summed E-state index contributed by atoms with van der Waals surface area (Å²) in [6.07, 6.45) is 0. The van der Waals surface area contributed by atoms with Gasteiger partial charge in [-0.2, -0.15) is 0 Å². The Bertz CT molecular complexity index is 734. The monoisotopic (exact) mass is 376 g/mol. The summed E-state index contributed by atoms with van der Waals surface area (Å²) in [7, 11) is 11.0. The largest absolute Gasteiger partial charge is 0.497 e. The van der Waals surface area contributed by atoms with Crippen molar-refractivity contribution < 1.29 is 29.2 Å². The van der Waals surface area contributed by atoms with E-state index in [0.717, 1.165) is 41.7 Å². The zero-order valence-corrected chi connectivity index (χ0v) is 17.2. The van der Waals surface area contributed by atoms with Crippen LogP contribution in [0.25, 0.3) is 0 Å². The molecule has 6 heteroatoms. The van der Waals surface area contributed by atoms with Crippen molar-refractivity contribution in [2.45, 2.75) is 12.6 Å². The van der Waals surface area contributed by atoms with Gasteiger partial charge in [0, 0.05) is 5.56 Å². The highest BCUT2D eigenvalue weighted by Gasteiger charge is 2.22. The van der Waals surface area contributed by atoms with Crippen LogP contribution in [-0.4, -0.2) is 49.1 Å². The normalized spacial score (nSPS) is 12.0. The molecule has 0 saturated heterocycles. The highest BCUT2D eigenvalue weighted by Crippen LogP contribution is 2.29. The molecule has 0 aliphatic heterocycles. The Morgan fingerprint density at radius 2 is 1.48 bits per heavy atom. The number of nitrogens with two attached hydrogens (primary N) is 1. The topological polar surface area (TPSA) is 58.0 Å². The quantitative estimate of drug-likeness (QED) is 0.640. The van der Waals surface area contributed by atoms with Gasteiger partial charge >= 0.3 is 0 Å². The van der Waals surface area contributed by atoms with Gasteiger partial charge in [-0.1, -0.05) is 0 Å². The summed E-state index contributed by atoms with van der Waals surface area (Å²) in [6.45, 7) is 1.75. The minimum absolute atomic E-state index is 0.321. The molecule has 1 atom stereocenters. The Morgan fingerprint density at radius 1 is 0.815 bits per heavy atom. The summed E-state index contributed by atoms with van der Waals surface area (Å²) < 4.78 is 21.6. The average molecular weight is 376 g/mol. The van der Waals surface area contributed by atoms with E-state index in [9.17, 15) is 0 Å². The van der Waals surface area contributed by atoms with Crippen LogP contribution in [0.3, 0.4) is 0 Å². The molecule has 148 valence electrons. The van der Waals surface area contributed by atoms with E-state index in [1.807, 2.05) is 24.3 Å². The van der Waals surface area contributed by atoms with Gasteiger partial charge in [0.05, 0.1) is 48.1 Å². The number of hydrogen-bond acceptors (Lipinski definition) is 4. The summed E-state index contributed by atoms with van der Waals surface area (Å²) in [5.74, 6) is 3.23. The molecule has 0 saturated carbocycles. The lowest BCUT2D eigenvalue weighted by Crippen LogP contribution is -3.09. The SMILES string of the molecule is COc1ccc(OC)c(C[NH2+]C[C@@H](c2ccc(OC)c(OC)c2)[NH+](C)C)c1. The Balaban J connectivity index is 2.12. The molecule has 0 radical (unpaired) electrons. The fourth-order valence-electron chi connectivity index (χ4n) is 3.22. The van der Waals surface area contributed by atoms with E-state index in [0.29, 0.717) is 6.04 Å². The van der Waals surface area contributed by atoms with E-state index in [2.05, 4.69) is 31.5 Å². The van der Waals surface area contributed by atoms with E-state index >= 15 is 0 Å². The minimum Gasteiger partial charge on any atom is -0.497 e. The first-order chi connectivity index (χ1) is 13.0. The molecular formula is C21H32N2O4+2. The summed E-state index contributed by atoms with van der Waals surface area (Å²) in [5.41, 5.74) is 2.35. The van der Waals surface area contributed by atoms with E-state index < -0.39 is 0 Å². The lowest BCUT2D eigenvalue weighted by Gasteiger charge is -2.21. The Kier molecular flexibility index (Phi) is 7.76. The maximum absolute atomic E-state index is 5.48. The van der Waals surface area contributed by atoms with Crippen molar-refractivity contribution in [3.8, 4) is 23.0 Å². The molecular weight excluding hydrogens is 344 g/mol. The molecule has 0 amide bonds. The molecule has 2 rings (SSSR count). The van der Waals surface area contributed by atoms with Crippen molar-refractivity contribution in [2.24, 2.45) is 0 Å². The third kappa shape index (κ3) is 5.28. The Morgan fingerprint density at radius 3 is 2.07 bits per heavy atom. The maximum Gasteiger partial charge on any atom is 0.162 e. The van der Waals surface area contributed by atoms with Crippen LogP contribution >= 0.6 is 0 Å². The molecule has 0 spiro atoms.